The molecule has 106 valence electrons. The summed E-state index contributed by atoms with van der Waals surface area (Å²) in [6.45, 7) is 2.49. The van der Waals surface area contributed by atoms with Crippen LogP contribution in [-0.2, 0) is 11.3 Å². The zero-order chi connectivity index (χ0) is 14.3. The summed E-state index contributed by atoms with van der Waals surface area (Å²) in [5.41, 5.74) is 0.992. The molecule has 0 spiro atoms. The molecule has 0 aliphatic carbocycles. The molecule has 0 aromatic carbocycles. The Kier molecular flexibility index (Phi) is 6.86. The van der Waals surface area contributed by atoms with Gasteiger partial charge >= 0.3 is 0 Å². The number of nitrogens with one attached hydrogen (secondary N) is 1. The van der Waals surface area contributed by atoms with Crippen LogP contribution in [0.1, 0.15) is 25.3 Å². The third kappa shape index (κ3) is 6.43. The van der Waals surface area contributed by atoms with E-state index in [4.69, 9.17) is 34.8 Å². The maximum Gasteiger partial charge on any atom is 0.262 e. The second-order valence-corrected chi connectivity index (χ2v) is 6.51. The molecule has 0 saturated heterocycles. The first-order chi connectivity index (χ1) is 8.93. The van der Waals surface area contributed by atoms with Gasteiger partial charge in [-0.05, 0) is 12.5 Å². The molecule has 0 radical (unpaired) electrons. The molecule has 0 saturated carbocycles. The van der Waals surface area contributed by atoms with Crippen LogP contribution in [0.5, 0.6) is 0 Å². The molecule has 1 amide bonds. The number of carbonyl (C=O) groups excluding carboxylic acids is 1. The van der Waals surface area contributed by atoms with Crippen LogP contribution in [0.15, 0.2) is 24.5 Å². The molecule has 7 heteroatoms. The Labute approximate surface area is 127 Å². The summed E-state index contributed by atoms with van der Waals surface area (Å²) in [6.07, 6.45) is 3.97. The molecule has 0 fully saturated rings. The Morgan fingerprint density at radius 2 is 2.26 bits per heavy atom. The predicted octanol–water partition coefficient (Wildman–Crippen LogP) is 1.76. The fourth-order valence-corrected chi connectivity index (χ4v) is 1.95. The van der Waals surface area contributed by atoms with Crippen molar-refractivity contribution in [2.24, 2.45) is 0 Å². The van der Waals surface area contributed by atoms with Gasteiger partial charge in [0.05, 0.1) is 0 Å². The highest BCUT2D eigenvalue weighted by atomic mass is 35.6. The highest BCUT2D eigenvalue weighted by molar-refractivity contribution is 6.68. The zero-order valence-electron chi connectivity index (χ0n) is 10.6. The fraction of sp³-hybridized carbons (Fsp3) is 0.500. The Bertz CT molecular complexity index is 395. The van der Waals surface area contributed by atoms with Gasteiger partial charge < -0.3 is 10.6 Å². The van der Waals surface area contributed by atoms with Gasteiger partial charge in [0.2, 0.25) is 12.1 Å². The molecule has 1 atom stereocenters. The number of alkyl halides is 3. The minimum atomic E-state index is -1.56. The molecule has 4 nitrogen and oxygen atoms in total. The second-order valence-electron chi connectivity index (χ2n) is 4.14. The van der Waals surface area contributed by atoms with Crippen molar-refractivity contribution in [1.29, 1.82) is 0 Å². The van der Waals surface area contributed by atoms with Crippen LogP contribution >= 0.6 is 34.8 Å². The number of amides is 1. The van der Waals surface area contributed by atoms with Crippen LogP contribution in [0.4, 0.5) is 0 Å². The van der Waals surface area contributed by atoms with Crippen molar-refractivity contribution in [2.75, 3.05) is 0 Å². The van der Waals surface area contributed by atoms with E-state index in [0.29, 0.717) is 13.0 Å². The third-order valence-electron chi connectivity index (χ3n) is 2.46. The number of nitrogens with zero attached hydrogens (tertiary/aromatic N) is 1. The summed E-state index contributed by atoms with van der Waals surface area (Å²) in [7, 11) is 0. The topological polar surface area (TPSA) is 58.6 Å². The summed E-state index contributed by atoms with van der Waals surface area (Å²) in [6, 6.07) is 3.76. The molecule has 1 aromatic rings. The standard InChI is InChI=1S/C12H16Cl3N3O/c1-2-4-10(19)18-11(12(13,14)15)17-8-9-5-3-6-16-7-9/h3,5-7,11,17H,2,4,8H2,1H3,(H,18,19)/p+1/t11-/m1/s1. The van der Waals surface area contributed by atoms with Gasteiger partial charge in [0, 0.05) is 24.4 Å². The number of rotatable bonds is 6. The number of quaternary nitrogens is 1. The molecule has 3 N–H and O–H groups in total. The molecule has 1 aromatic heterocycles. The van der Waals surface area contributed by atoms with Crippen molar-refractivity contribution in [3.63, 3.8) is 0 Å². The molecule has 0 unspecified atom stereocenters. The molecule has 1 heterocycles. The summed E-state index contributed by atoms with van der Waals surface area (Å²) in [5, 5.41) is 4.49. The number of aromatic nitrogens is 1. The number of hydrogen-bond acceptors (Lipinski definition) is 2. The van der Waals surface area contributed by atoms with E-state index in [2.05, 4.69) is 10.3 Å². The van der Waals surface area contributed by atoms with Crippen molar-refractivity contribution in [2.45, 2.75) is 36.3 Å². The summed E-state index contributed by atoms with van der Waals surface area (Å²) >= 11 is 17.6. The van der Waals surface area contributed by atoms with Gasteiger partial charge in [-0.3, -0.25) is 9.78 Å². The van der Waals surface area contributed by atoms with E-state index in [9.17, 15) is 4.79 Å². The van der Waals surface area contributed by atoms with E-state index in [0.717, 1.165) is 12.0 Å². The number of hydrogen-bond donors (Lipinski definition) is 2. The third-order valence-corrected chi connectivity index (χ3v) is 3.16. The molecule has 1 rings (SSSR count). The lowest BCUT2D eigenvalue weighted by Gasteiger charge is -2.23. The van der Waals surface area contributed by atoms with Crippen LogP contribution in [0.25, 0.3) is 0 Å². The molecule has 0 aliphatic heterocycles. The van der Waals surface area contributed by atoms with Crippen molar-refractivity contribution < 1.29 is 10.1 Å². The molecular weight excluding hydrogens is 309 g/mol. The van der Waals surface area contributed by atoms with E-state index in [1.54, 1.807) is 17.7 Å². The maximum absolute atomic E-state index is 11.6. The molecular formula is C12H17Cl3N3O+. The van der Waals surface area contributed by atoms with E-state index < -0.39 is 9.96 Å². The Hall–Kier alpha value is -0.550. The van der Waals surface area contributed by atoms with E-state index in [1.165, 1.54) is 0 Å². The second kappa shape index (κ2) is 7.90. The first-order valence-electron chi connectivity index (χ1n) is 6.01. The molecule has 0 aliphatic rings. The molecule has 0 bridgehead atoms. The minimum absolute atomic E-state index is 0.124. The lowest BCUT2D eigenvalue weighted by molar-refractivity contribution is -0.707. The largest absolute Gasteiger partial charge is 0.319 e. The van der Waals surface area contributed by atoms with Gasteiger partial charge in [0.25, 0.3) is 3.79 Å². The van der Waals surface area contributed by atoms with Crippen molar-refractivity contribution >= 4 is 40.7 Å². The SMILES string of the molecule is CCCC(=O)N[C@@H]([NH2+]Cc1cccnc1)C(Cl)(Cl)Cl. The minimum Gasteiger partial charge on any atom is -0.319 e. The van der Waals surface area contributed by atoms with Gasteiger partial charge in [-0.2, -0.15) is 0 Å². The number of carbonyl (C=O) groups is 1. The maximum atomic E-state index is 11.6. The molecule has 19 heavy (non-hydrogen) atoms. The summed E-state index contributed by atoms with van der Waals surface area (Å²) < 4.78 is -1.56. The average molecular weight is 326 g/mol. The van der Waals surface area contributed by atoms with Gasteiger partial charge in [0.1, 0.15) is 6.54 Å². The summed E-state index contributed by atoms with van der Waals surface area (Å²) in [5.74, 6) is -0.124. The first-order valence-corrected chi connectivity index (χ1v) is 7.15. The monoisotopic (exact) mass is 324 g/mol. The lowest BCUT2D eigenvalue weighted by atomic mass is 10.3. The van der Waals surface area contributed by atoms with Crippen molar-refractivity contribution in [3.05, 3.63) is 30.1 Å². The Morgan fingerprint density at radius 1 is 1.53 bits per heavy atom. The van der Waals surface area contributed by atoms with E-state index >= 15 is 0 Å². The van der Waals surface area contributed by atoms with Crippen LogP contribution < -0.4 is 10.6 Å². The number of halogens is 3. The van der Waals surface area contributed by atoms with Crippen LogP contribution in [-0.4, -0.2) is 20.8 Å². The van der Waals surface area contributed by atoms with Crippen LogP contribution in [0, 0.1) is 0 Å². The number of pyridine rings is 1. The summed E-state index contributed by atoms with van der Waals surface area (Å²) in [4.78, 5) is 15.6. The normalized spacial score (nSPS) is 13.1. The predicted molar refractivity (Wildman–Crippen MR) is 77.0 cm³/mol. The van der Waals surface area contributed by atoms with E-state index in [-0.39, 0.29) is 5.91 Å². The van der Waals surface area contributed by atoms with Gasteiger partial charge in [-0.15, -0.1) is 0 Å². The average Bonchev–Trinajstić information content (AvgIpc) is 2.34. The quantitative estimate of drug-likeness (QED) is 0.618. The van der Waals surface area contributed by atoms with Gasteiger partial charge in [0.15, 0.2) is 0 Å². The van der Waals surface area contributed by atoms with Gasteiger partial charge in [-0.25, -0.2) is 0 Å². The highest BCUT2D eigenvalue weighted by Gasteiger charge is 2.37. The number of nitrogens with two attached hydrogens (primary N) is 1. The van der Waals surface area contributed by atoms with Crippen LogP contribution in [0.3, 0.4) is 0 Å². The lowest BCUT2D eigenvalue weighted by Crippen LogP contribution is -2.95. The Balaban J connectivity index is 2.58. The van der Waals surface area contributed by atoms with E-state index in [1.807, 2.05) is 19.1 Å². The smallest absolute Gasteiger partial charge is 0.262 e. The first kappa shape index (κ1) is 16.5. The van der Waals surface area contributed by atoms with Crippen molar-refractivity contribution in [3.8, 4) is 0 Å². The highest BCUT2D eigenvalue weighted by Crippen LogP contribution is 2.27. The fourth-order valence-electron chi connectivity index (χ4n) is 1.52. The Morgan fingerprint density at radius 3 is 2.79 bits per heavy atom. The zero-order valence-corrected chi connectivity index (χ0v) is 12.8. The van der Waals surface area contributed by atoms with Crippen LogP contribution in [0.2, 0.25) is 0 Å². The van der Waals surface area contributed by atoms with Gasteiger partial charge in [-0.1, -0.05) is 47.8 Å². The van der Waals surface area contributed by atoms with Crippen molar-refractivity contribution in [1.82, 2.24) is 10.3 Å².